The summed E-state index contributed by atoms with van der Waals surface area (Å²) in [6.07, 6.45) is 4.61. The first-order valence-electron chi connectivity index (χ1n) is 6.53. The van der Waals surface area contributed by atoms with E-state index in [1.165, 1.54) is 12.8 Å². The van der Waals surface area contributed by atoms with E-state index in [4.69, 9.17) is 4.74 Å². The van der Waals surface area contributed by atoms with Gasteiger partial charge in [0.15, 0.2) is 0 Å². The van der Waals surface area contributed by atoms with Gasteiger partial charge in [0, 0.05) is 26.3 Å². The van der Waals surface area contributed by atoms with Gasteiger partial charge in [-0.15, -0.1) is 0 Å². The predicted molar refractivity (Wildman–Crippen MR) is 60.6 cm³/mol. The van der Waals surface area contributed by atoms with Gasteiger partial charge >= 0.3 is 0 Å². The molecule has 0 aromatic rings. The molecule has 1 N–H and O–H groups in total. The lowest BCUT2D eigenvalue weighted by Crippen LogP contribution is -2.29. The normalized spacial score (nSPS) is 48.0. The van der Waals surface area contributed by atoms with Crippen molar-refractivity contribution in [3.05, 3.63) is 0 Å². The average Bonchev–Trinajstić information content (AvgIpc) is 2.63. The zero-order valence-corrected chi connectivity index (χ0v) is 9.91. The third kappa shape index (κ3) is 1.62. The van der Waals surface area contributed by atoms with E-state index in [-0.39, 0.29) is 0 Å². The Bertz CT molecular complexity index is 227. The van der Waals surface area contributed by atoms with Gasteiger partial charge in [0.2, 0.25) is 0 Å². The van der Waals surface area contributed by atoms with Crippen molar-refractivity contribution in [1.29, 1.82) is 0 Å². The van der Waals surface area contributed by atoms with Gasteiger partial charge in [0.25, 0.3) is 0 Å². The number of methoxy groups -OCH3 is 1. The lowest BCUT2D eigenvalue weighted by molar-refractivity contribution is 0.157. The monoisotopic (exact) mass is 209 g/mol. The molecule has 86 valence electrons. The first-order valence-corrected chi connectivity index (χ1v) is 6.53. The quantitative estimate of drug-likeness (QED) is 0.747. The molecule has 2 nitrogen and oxygen atoms in total. The Hall–Kier alpha value is -0.0800. The first-order chi connectivity index (χ1) is 7.31. The van der Waals surface area contributed by atoms with E-state index in [9.17, 15) is 0 Å². The van der Waals surface area contributed by atoms with E-state index < -0.39 is 0 Å². The predicted octanol–water partition coefficient (Wildman–Crippen LogP) is 1.90. The van der Waals surface area contributed by atoms with Crippen LogP contribution >= 0.6 is 0 Å². The molecule has 5 unspecified atom stereocenters. The van der Waals surface area contributed by atoms with Crippen LogP contribution in [0.2, 0.25) is 0 Å². The molecule has 3 aliphatic carbocycles. The fraction of sp³-hybridized carbons (Fsp3) is 1.00. The largest absolute Gasteiger partial charge is 0.384 e. The zero-order chi connectivity index (χ0) is 10.4. The highest BCUT2D eigenvalue weighted by Crippen LogP contribution is 2.65. The van der Waals surface area contributed by atoms with Crippen molar-refractivity contribution in [1.82, 2.24) is 5.32 Å². The Kier molecular flexibility index (Phi) is 2.52. The van der Waals surface area contributed by atoms with Crippen molar-refractivity contribution >= 4 is 0 Å². The molecule has 3 saturated carbocycles. The van der Waals surface area contributed by atoms with Crippen LogP contribution in [-0.4, -0.2) is 26.3 Å². The summed E-state index contributed by atoms with van der Waals surface area (Å²) in [7, 11) is 1.79. The van der Waals surface area contributed by atoms with Crippen molar-refractivity contribution in [3.63, 3.8) is 0 Å². The SMILES string of the molecule is COCC(C)CNC1C2C3CCC(C3)C12. The summed E-state index contributed by atoms with van der Waals surface area (Å²) >= 11 is 0. The van der Waals surface area contributed by atoms with Crippen molar-refractivity contribution in [2.45, 2.75) is 32.2 Å². The van der Waals surface area contributed by atoms with Crippen molar-refractivity contribution in [2.24, 2.45) is 29.6 Å². The lowest BCUT2D eigenvalue weighted by atomic mass is 10.0. The molecule has 15 heavy (non-hydrogen) atoms. The number of nitrogens with one attached hydrogen (secondary N) is 1. The van der Waals surface area contributed by atoms with Gasteiger partial charge in [-0.05, 0) is 48.9 Å². The van der Waals surface area contributed by atoms with Crippen molar-refractivity contribution in [2.75, 3.05) is 20.3 Å². The maximum Gasteiger partial charge on any atom is 0.0499 e. The average molecular weight is 209 g/mol. The molecule has 0 saturated heterocycles. The molecule has 5 atom stereocenters. The molecule has 3 aliphatic rings. The first kappa shape index (κ1) is 10.1. The highest BCUT2D eigenvalue weighted by atomic mass is 16.5. The van der Waals surface area contributed by atoms with E-state index >= 15 is 0 Å². The van der Waals surface area contributed by atoms with Crippen LogP contribution in [0.4, 0.5) is 0 Å². The van der Waals surface area contributed by atoms with Crippen LogP contribution in [0.25, 0.3) is 0 Å². The summed E-state index contributed by atoms with van der Waals surface area (Å²) in [5.41, 5.74) is 0. The second-order valence-corrected chi connectivity index (χ2v) is 5.98. The summed E-state index contributed by atoms with van der Waals surface area (Å²) in [4.78, 5) is 0. The van der Waals surface area contributed by atoms with E-state index in [0.29, 0.717) is 5.92 Å². The fourth-order valence-corrected chi connectivity index (χ4v) is 4.28. The van der Waals surface area contributed by atoms with Gasteiger partial charge in [-0.3, -0.25) is 0 Å². The fourth-order valence-electron chi connectivity index (χ4n) is 4.28. The summed E-state index contributed by atoms with van der Waals surface area (Å²) in [5.74, 6) is 4.98. The van der Waals surface area contributed by atoms with Crippen LogP contribution in [0.5, 0.6) is 0 Å². The Labute approximate surface area is 92.8 Å². The van der Waals surface area contributed by atoms with Crippen LogP contribution in [0.3, 0.4) is 0 Å². The van der Waals surface area contributed by atoms with Crippen LogP contribution in [-0.2, 0) is 4.74 Å². The van der Waals surface area contributed by atoms with E-state index in [0.717, 1.165) is 42.9 Å². The lowest BCUT2D eigenvalue weighted by Gasteiger charge is -2.14. The van der Waals surface area contributed by atoms with Crippen molar-refractivity contribution in [3.8, 4) is 0 Å². The number of rotatable bonds is 5. The second kappa shape index (κ2) is 3.74. The van der Waals surface area contributed by atoms with Crippen LogP contribution in [0.15, 0.2) is 0 Å². The summed E-state index contributed by atoms with van der Waals surface area (Å²) in [5, 5.41) is 3.76. The minimum Gasteiger partial charge on any atom is -0.384 e. The third-order valence-electron chi connectivity index (χ3n) is 4.89. The molecular formula is C13H23NO. The number of hydrogen-bond acceptors (Lipinski definition) is 2. The smallest absolute Gasteiger partial charge is 0.0499 e. The maximum absolute atomic E-state index is 5.16. The Morgan fingerprint density at radius 1 is 1.27 bits per heavy atom. The molecule has 2 heteroatoms. The number of ether oxygens (including phenoxy) is 1. The highest BCUT2D eigenvalue weighted by molar-refractivity contribution is 5.16. The van der Waals surface area contributed by atoms with Gasteiger partial charge in [-0.1, -0.05) is 6.92 Å². The van der Waals surface area contributed by atoms with E-state index in [1.807, 2.05) is 0 Å². The molecule has 0 aromatic carbocycles. The molecule has 0 amide bonds. The molecule has 3 fully saturated rings. The number of fused-ring (bicyclic) bond motifs is 5. The Balaban J connectivity index is 1.44. The van der Waals surface area contributed by atoms with Crippen LogP contribution < -0.4 is 5.32 Å². The zero-order valence-electron chi connectivity index (χ0n) is 9.91. The second-order valence-electron chi connectivity index (χ2n) is 5.98. The molecule has 0 aliphatic heterocycles. The van der Waals surface area contributed by atoms with Gasteiger partial charge in [0.05, 0.1) is 0 Å². The summed E-state index contributed by atoms with van der Waals surface area (Å²) in [6, 6.07) is 0.885. The van der Waals surface area contributed by atoms with Crippen LogP contribution in [0, 0.1) is 29.6 Å². The molecule has 0 heterocycles. The Morgan fingerprint density at radius 3 is 2.53 bits per heavy atom. The third-order valence-corrected chi connectivity index (χ3v) is 4.89. The van der Waals surface area contributed by atoms with E-state index in [2.05, 4.69) is 12.2 Å². The van der Waals surface area contributed by atoms with Gasteiger partial charge < -0.3 is 10.1 Å². The minimum absolute atomic E-state index is 0.661. The molecule has 3 rings (SSSR count). The maximum atomic E-state index is 5.16. The van der Waals surface area contributed by atoms with Crippen LogP contribution in [0.1, 0.15) is 26.2 Å². The summed E-state index contributed by atoms with van der Waals surface area (Å²) in [6.45, 7) is 4.30. The van der Waals surface area contributed by atoms with Gasteiger partial charge in [0.1, 0.15) is 0 Å². The van der Waals surface area contributed by atoms with E-state index in [1.54, 1.807) is 13.5 Å². The molecular weight excluding hydrogens is 186 g/mol. The summed E-state index contributed by atoms with van der Waals surface area (Å²) < 4.78 is 5.16. The Morgan fingerprint density at radius 2 is 1.93 bits per heavy atom. The van der Waals surface area contributed by atoms with Gasteiger partial charge in [-0.2, -0.15) is 0 Å². The highest BCUT2D eigenvalue weighted by Gasteiger charge is 2.64. The minimum atomic E-state index is 0.661. The van der Waals surface area contributed by atoms with Crippen molar-refractivity contribution < 1.29 is 4.74 Å². The standard InChI is InChI=1S/C13H23NO/c1-8(7-15-2)6-14-13-11-9-3-4-10(5-9)12(11)13/h8-14H,3-7H2,1-2H3. The molecule has 0 aromatic heterocycles. The number of hydrogen-bond donors (Lipinski definition) is 1. The molecule has 0 spiro atoms. The molecule has 0 radical (unpaired) electrons. The van der Waals surface area contributed by atoms with Gasteiger partial charge in [-0.25, -0.2) is 0 Å². The molecule has 2 bridgehead atoms. The topological polar surface area (TPSA) is 21.3 Å².